The maximum absolute atomic E-state index is 12.2. The molecule has 1 aliphatic heterocycles. The second kappa shape index (κ2) is 6.77. The van der Waals surface area contributed by atoms with Crippen LogP contribution in [0.15, 0.2) is 24.3 Å². The predicted molar refractivity (Wildman–Crippen MR) is 84.1 cm³/mol. The topological polar surface area (TPSA) is 67.4 Å². The fourth-order valence-electron chi connectivity index (χ4n) is 2.23. The molecular weight excluding hydrogens is 288 g/mol. The summed E-state index contributed by atoms with van der Waals surface area (Å²) in [5.74, 6) is 0.858. The van der Waals surface area contributed by atoms with E-state index in [9.17, 15) is 8.42 Å². The largest absolute Gasteiger partial charge is 0.488 e. The van der Waals surface area contributed by atoms with Crippen LogP contribution in [0.4, 0.5) is 0 Å². The van der Waals surface area contributed by atoms with Gasteiger partial charge in [0.25, 0.3) is 0 Å². The zero-order valence-electron chi connectivity index (χ0n) is 12.8. The van der Waals surface area contributed by atoms with E-state index < -0.39 is 15.3 Å². The van der Waals surface area contributed by atoms with Gasteiger partial charge in [0.2, 0.25) is 10.0 Å². The van der Waals surface area contributed by atoms with E-state index in [1.54, 1.807) is 6.92 Å². The first-order chi connectivity index (χ1) is 9.88. The van der Waals surface area contributed by atoms with Crippen molar-refractivity contribution < 1.29 is 13.2 Å². The number of fused-ring (bicyclic) bond motifs is 1. The first-order valence-electron chi connectivity index (χ1n) is 7.35. The van der Waals surface area contributed by atoms with E-state index in [-0.39, 0.29) is 12.1 Å². The van der Waals surface area contributed by atoms with Gasteiger partial charge in [0.1, 0.15) is 11.9 Å². The van der Waals surface area contributed by atoms with Crippen LogP contribution in [-0.4, -0.2) is 38.9 Å². The summed E-state index contributed by atoms with van der Waals surface area (Å²) in [5, 5.41) is 2.67. The number of ether oxygens (including phenoxy) is 1. The number of hydrogen-bond donors (Lipinski definition) is 2. The lowest BCUT2D eigenvalue weighted by molar-refractivity contribution is 0.236. The van der Waals surface area contributed by atoms with Gasteiger partial charge in [-0.3, -0.25) is 0 Å². The normalized spacial score (nSPS) is 19.3. The molecule has 0 bridgehead atoms. The Morgan fingerprint density at radius 1 is 1.29 bits per heavy atom. The van der Waals surface area contributed by atoms with Gasteiger partial charge in [0, 0.05) is 25.6 Å². The molecule has 2 N–H and O–H groups in total. The lowest BCUT2D eigenvalue weighted by atomic mass is 10.1. The number of para-hydroxylation sites is 1. The third-order valence-electron chi connectivity index (χ3n) is 3.57. The molecule has 0 amide bonds. The summed E-state index contributed by atoms with van der Waals surface area (Å²) in [6, 6.07) is 8.09. The van der Waals surface area contributed by atoms with Gasteiger partial charge in [-0.2, -0.15) is 0 Å². The Balaban J connectivity index is 1.83. The highest BCUT2D eigenvalue weighted by molar-refractivity contribution is 7.90. The summed E-state index contributed by atoms with van der Waals surface area (Å²) in [5.41, 5.74) is 1.14. The number of rotatable bonds is 7. The van der Waals surface area contributed by atoms with Crippen molar-refractivity contribution >= 4 is 10.0 Å². The maximum atomic E-state index is 12.2. The molecule has 0 aromatic heterocycles. The second-order valence-electron chi connectivity index (χ2n) is 5.82. The van der Waals surface area contributed by atoms with Crippen molar-refractivity contribution in [3.8, 4) is 5.75 Å². The average molecular weight is 312 g/mol. The number of hydrogen-bond acceptors (Lipinski definition) is 4. The Kier molecular flexibility index (Phi) is 5.24. The predicted octanol–water partition coefficient (Wildman–Crippen LogP) is 1.30. The zero-order valence-corrected chi connectivity index (χ0v) is 13.6. The summed E-state index contributed by atoms with van der Waals surface area (Å²) in [6.45, 7) is 6.45. The number of sulfonamides is 1. The molecule has 1 aromatic rings. The van der Waals surface area contributed by atoms with Crippen LogP contribution in [0.3, 0.4) is 0 Å². The fraction of sp³-hybridized carbons (Fsp3) is 0.600. The monoisotopic (exact) mass is 312 g/mol. The van der Waals surface area contributed by atoms with Crippen LogP contribution in [0.2, 0.25) is 0 Å². The van der Waals surface area contributed by atoms with E-state index in [4.69, 9.17) is 4.74 Å². The Hall–Kier alpha value is -1.11. The molecule has 6 heteroatoms. The van der Waals surface area contributed by atoms with Crippen molar-refractivity contribution in [2.45, 2.75) is 44.6 Å². The van der Waals surface area contributed by atoms with Crippen molar-refractivity contribution in [2.24, 2.45) is 0 Å². The molecule has 0 spiro atoms. The van der Waals surface area contributed by atoms with Gasteiger partial charge in [-0.15, -0.1) is 0 Å². The Bertz CT molecular complexity index is 547. The van der Waals surface area contributed by atoms with Crippen LogP contribution in [0.1, 0.15) is 26.3 Å². The molecule has 118 valence electrons. The fourth-order valence-corrected chi connectivity index (χ4v) is 3.25. The molecule has 1 heterocycles. The molecule has 0 aliphatic carbocycles. The van der Waals surface area contributed by atoms with Crippen LogP contribution >= 0.6 is 0 Å². The SMILES string of the molecule is CC(C)NCC(C)S(=O)(=O)NCC1Cc2ccccc2O1. The van der Waals surface area contributed by atoms with E-state index in [1.165, 1.54) is 0 Å². The molecule has 1 aliphatic rings. The van der Waals surface area contributed by atoms with Crippen molar-refractivity contribution in [1.82, 2.24) is 10.0 Å². The van der Waals surface area contributed by atoms with Gasteiger partial charge < -0.3 is 10.1 Å². The van der Waals surface area contributed by atoms with Gasteiger partial charge in [0.05, 0.1) is 5.25 Å². The Labute approximate surface area is 127 Å². The van der Waals surface area contributed by atoms with Crippen molar-refractivity contribution in [3.05, 3.63) is 29.8 Å². The number of benzene rings is 1. The maximum Gasteiger partial charge on any atom is 0.215 e. The van der Waals surface area contributed by atoms with Crippen molar-refractivity contribution in [3.63, 3.8) is 0 Å². The highest BCUT2D eigenvalue weighted by Crippen LogP contribution is 2.27. The van der Waals surface area contributed by atoms with E-state index in [0.717, 1.165) is 17.7 Å². The third kappa shape index (κ3) is 4.43. The van der Waals surface area contributed by atoms with Crippen LogP contribution in [0.25, 0.3) is 0 Å². The summed E-state index contributed by atoms with van der Waals surface area (Å²) in [4.78, 5) is 0. The summed E-state index contributed by atoms with van der Waals surface area (Å²) >= 11 is 0. The van der Waals surface area contributed by atoms with Crippen LogP contribution < -0.4 is 14.8 Å². The highest BCUT2D eigenvalue weighted by atomic mass is 32.2. The molecule has 0 saturated heterocycles. The van der Waals surface area contributed by atoms with Crippen molar-refractivity contribution in [1.29, 1.82) is 0 Å². The van der Waals surface area contributed by atoms with E-state index in [0.29, 0.717) is 13.1 Å². The van der Waals surface area contributed by atoms with Gasteiger partial charge in [-0.1, -0.05) is 32.0 Å². The smallest absolute Gasteiger partial charge is 0.215 e. The summed E-state index contributed by atoms with van der Waals surface area (Å²) in [6.07, 6.45) is 0.625. The molecule has 5 nitrogen and oxygen atoms in total. The molecule has 0 saturated carbocycles. The van der Waals surface area contributed by atoms with E-state index in [1.807, 2.05) is 38.1 Å². The van der Waals surface area contributed by atoms with Gasteiger partial charge in [0.15, 0.2) is 0 Å². The molecule has 0 fully saturated rings. The summed E-state index contributed by atoms with van der Waals surface area (Å²) in [7, 11) is -3.32. The lowest BCUT2D eigenvalue weighted by Crippen LogP contribution is -2.43. The minimum Gasteiger partial charge on any atom is -0.488 e. The van der Waals surface area contributed by atoms with Gasteiger partial charge in [-0.25, -0.2) is 13.1 Å². The molecule has 21 heavy (non-hydrogen) atoms. The van der Waals surface area contributed by atoms with Crippen LogP contribution in [-0.2, 0) is 16.4 Å². The number of nitrogens with one attached hydrogen (secondary N) is 2. The average Bonchev–Trinajstić information content (AvgIpc) is 2.85. The van der Waals surface area contributed by atoms with Crippen LogP contribution in [0.5, 0.6) is 5.75 Å². The summed E-state index contributed by atoms with van der Waals surface area (Å²) < 4.78 is 32.7. The zero-order chi connectivity index (χ0) is 15.5. The molecular formula is C15H24N2O3S. The molecule has 2 unspecified atom stereocenters. The minimum absolute atomic E-state index is 0.123. The third-order valence-corrected chi connectivity index (χ3v) is 5.36. The van der Waals surface area contributed by atoms with E-state index >= 15 is 0 Å². The first kappa shape index (κ1) is 16.3. The van der Waals surface area contributed by atoms with Crippen molar-refractivity contribution in [2.75, 3.05) is 13.1 Å². The molecule has 0 radical (unpaired) electrons. The quantitative estimate of drug-likeness (QED) is 0.796. The standard InChI is InChI=1S/C15H24N2O3S/c1-11(2)16-9-12(3)21(18,19)17-10-14-8-13-6-4-5-7-15(13)20-14/h4-7,11-12,14,16-17H,8-10H2,1-3H3. The van der Waals surface area contributed by atoms with Crippen LogP contribution in [0, 0.1) is 0 Å². The second-order valence-corrected chi connectivity index (χ2v) is 8.00. The minimum atomic E-state index is -3.32. The van der Waals surface area contributed by atoms with Gasteiger partial charge >= 0.3 is 0 Å². The van der Waals surface area contributed by atoms with E-state index in [2.05, 4.69) is 10.0 Å². The van der Waals surface area contributed by atoms with Gasteiger partial charge in [-0.05, 0) is 18.6 Å². The lowest BCUT2D eigenvalue weighted by Gasteiger charge is -2.18. The first-order valence-corrected chi connectivity index (χ1v) is 8.89. The highest BCUT2D eigenvalue weighted by Gasteiger charge is 2.26. The molecule has 2 rings (SSSR count). The molecule has 2 atom stereocenters. The molecule has 1 aromatic carbocycles. The Morgan fingerprint density at radius 2 is 2.00 bits per heavy atom. The Morgan fingerprint density at radius 3 is 2.67 bits per heavy atom.